The lowest BCUT2D eigenvalue weighted by atomic mass is 10.1. The van der Waals surface area contributed by atoms with Crippen LogP contribution >= 0.6 is 54.5 Å². The largest absolute Gasteiger partial charge is 0.354 e. The Balaban J connectivity index is 0.000000130. The van der Waals surface area contributed by atoms with E-state index in [4.69, 9.17) is 0 Å². The van der Waals surface area contributed by atoms with Crippen LogP contribution in [0, 0.1) is 3.57 Å². The molecule has 0 saturated carbocycles. The number of para-hydroxylation sites is 1. The van der Waals surface area contributed by atoms with Crippen molar-refractivity contribution in [1.82, 2.24) is 18.7 Å². The average molecular weight is 1150 g/mol. The van der Waals surface area contributed by atoms with Gasteiger partial charge in [-0.15, -0.1) is 0 Å². The summed E-state index contributed by atoms with van der Waals surface area (Å²) >= 11 is 9.55. The van der Waals surface area contributed by atoms with E-state index >= 15 is 0 Å². The molecule has 4 aromatic heterocycles. The van der Waals surface area contributed by atoms with Crippen LogP contribution < -0.4 is 0 Å². The molecular formula is C64H43Br2IN4. The standard InChI is InChI=1S/C32H21BrN2.C26H17BrN2.C6H5I/c33-24-13-17-31-29(21-24)27-16-18-30-28(32(27)35(31)26-9-5-2-6-10-26)19-20-34(30)25-14-11-23(12-15-25)22-7-3-1-4-8-22;27-19-8-12-24-23(16-19)21-11-13-25-22(26(21)28-24)14-15-29(25)20-9-6-18(7-10-20)17-4-2-1-3-5-17;7-6-4-2-1-3-5-6/h1-21H;1-16,28H;1-5H. The van der Waals surface area contributed by atoms with E-state index in [1.165, 1.54) is 91.4 Å². The van der Waals surface area contributed by atoms with E-state index < -0.39 is 0 Å². The highest BCUT2D eigenvalue weighted by Crippen LogP contribution is 2.39. The first kappa shape index (κ1) is 44.8. The van der Waals surface area contributed by atoms with E-state index in [9.17, 15) is 0 Å². The second kappa shape index (κ2) is 19.4. The fraction of sp³-hybridized carbons (Fsp3) is 0. The van der Waals surface area contributed by atoms with Gasteiger partial charge in [-0.2, -0.15) is 0 Å². The molecule has 4 heterocycles. The van der Waals surface area contributed by atoms with E-state index in [1.54, 1.807) is 0 Å². The van der Waals surface area contributed by atoms with Gasteiger partial charge in [0.2, 0.25) is 0 Å². The van der Waals surface area contributed by atoms with E-state index in [-0.39, 0.29) is 0 Å². The van der Waals surface area contributed by atoms with Crippen molar-refractivity contribution in [3.8, 4) is 39.3 Å². The summed E-state index contributed by atoms with van der Waals surface area (Å²) in [6.45, 7) is 0. The van der Waals surface area contributed by atoms with Crippen LogP contribution in [0.4, 0.5) is 0 Å². The molecule has 71 heavy (non-hydrogen) atoms. The highest BCUT2D eigenvalue weighted by molar-refractivity contribution is 14.1. The quantitative estimate of drug-likeness (QED) is 0.167. The Morgan fingerprint density at radius 3 is 1.37 bits per heavy atom. The number of aromatic nitrogens is 4. The fourth-order valence-corrected chi connectivity index (χ4v) is 11.0. The molecule has 0 unspecified atom stereocenters. The Kier molecular flexibility index (Phi) is 12.2. The molecule has 1 N–H and O–H groups in total. The Morgan fingerprint density at radius 1 is 0.338 bits per heavy atom. The SMILES string of the molecule is Brc1ccc2[nH]c3c(ccc4c3ccn4-c3ccc(-c4ccccc4)cc3)c2c1.Brc1ccc2c(c1)c1ccc3c(ccn3-c3ccc(-c4ccccc4)cc3)c1n2-c1ccccc1.Ic1ccccc1. The Morgan fingerprint density at radius 2 is 0.803 bits per heavy atom. The molecule has 0 aliphatic heterocycles. The van der Waals surface area contributed by atoms with Crippen molar-refractivity contribution < 1.29 is 0 Å². The van der Waals surface area contributed by atoms with Crippen molar-refractivity contribution in [3.63, 3.8) is 0 Å². The molecule has 0 amide bonds. The van der Waals surface area contributed by atoms with Gasteiger partial charge in [-0.1, -0.05) is 165 Å². The van der Waals surface area contributed by atoms with Crippen molar-refractivity contribution in [2.45, 2.75) is 0 Å². The lowest BCUT2D eigenvalue weighted by Crippen LogP contribution is -1.94. The molecule has 0 aliphatic carbocycles. The van der Waals surface area contributed by atoms with E-state index in [1.807, 2.05) is 24.3 Å². The minimum absolute atomic E-state index is 1.09. The number of hydrogen-bond acceptors (Lipinski definition) is 0. The van der Waals surface area contributed by atoms with Crippen molar-refractivity contribution in [2.24, 2.45) is 0 Å². The summed E-state index contributed by atoms with van der Waals surface area (Å²) in [6, 6.07) is 85.8. The van der Waals surface area contributed by atoms with Crippen LogP contribution in [0.5, 0.6) is 0 Å². The van der Waals surface area contributed by atoms with Gasteiger partial charge >= 0.3 is 0 Å². The summed E-state index contributed by atoms with van der Waals surface area (Å²) in [6.07, 6.45) is 4.34. The van der Waals surface area contributed by atoms with Gasteiger partial charge in [0.1, 0.15) is 0 Å². The molecule has 0 bridgehead atoms. The smallest absolute Gasteiger partial charge is 0.0635 e. The maximum absolute atomic E-state index is 3.68. The molecule has 0 saturated heterocycles. The third-order valence-electron chi connectivity index (χ3n) is 13.2. The first-order valence-corrected chi connectivity index (χ1v) is 26.1. The van der Waals surface area contributed by atoms with E-state index in [2.05, 4.69) is 304 Å². The molecule has 0 fully saturated rings. The molecule has 4 nitrogen and oxygen atoms in total. The number of fused-ring (bicyclic) bond motifs is 10. The van der Waals surface area contributed by atoms with Crippen LogP contribution in [0.1, 0.15) is 0 Å². The van der Waals surface area contributed by atoms with Crippen LogP contribution in [0.15, 0.2) is 264 Å². The Hall–Kier alpha value is -7.43. The molecular weight excluding hydrogens is 1110 g/mol. The molecule has 0 radical (unpaired) electrons. The summed E-state index contributed by atoms with van der Waals surface area (Å²) in [5.41, 5.74) is 15.6. The van der Waals surface area contributed by atoms with Gasteiger partial charge in [0, 0.05) is 79.8 Å². The number of nitrogens with one attached hydrogen (secondary N) is 1. The first-order chi connectivity index (χ1) is 34.9. The van der Waals surface area contributed by atoms with Crippen molar-refractivity contribution >= 4 is 120 Å². The molecule has 340 valence electrons. The highest BCUT2D eigenvalue weighted by atomic mass is 127. The number of hydrogen-bond donors (Lipinski definition) is 1. The second-order valence-electron chi connectivity index (χ2n) is 17.5. The van der Waals surface area contributed by atoms with Gasteiger partial charge in [0.25, 0.3) is 0 Å². The number of aromatic amines is 1. The molecule has 0 atom stereocenters. The minimum Gasteiger partial charge on any atom is -0.354 e. The van der Waals surface area contributed by atoms with Gasteiger partial charge in [-0.05, 0) is 154 Å². The average Bonchev–Trinajstić information content (AvgIpc) is 4.22. The fourth-order valence-electron chi connectivity index (χ4n) is 9.86. The zero-order chi connectivity index (χ0) is 47.8. The van der Waals surface area contributed by atoms with Crippen LogP contribution in [0.25, 0.3) is 105 Å². The van der Waals surface area contributed by atoms with E-state index in [0.717, 1.165) is 25.8 Å². The van der Waals surface area contributed by atoms with Crippen molar-refractivity contribution in [3.05, 3.63) is 268 Å². The number of H-pyrrole nitrogens is 1. The zero-order valence-electron chi connectivity index (χ0n) is 38.2. The summed E-state index contributed by atoms with van der Waals surface area (Å²) in [5, 5.41) is 7.49. The van der Waals surface area contributed by atoms with Gasteiger partial charge in [-0.25, -0.2) is 0 Å². The summed E-state index contributed by atoms with van der Waals surface area (Å²) in [5.74, 6) is 0. The number of benzene rings is 10. The Bertz CT molecular complexity index is 4160. The predicted molar refractivity (Wildman–Crippen MR) is 316 cm³/mol. The maximum Gasteiger partial charge on any atom is 0.0635 e. The van der Waals surface area contributed by atoms with Crippen LogP contribution in [0.2, 0.25) is 0 Å². The topological polar surface area (TPSA) is 30.6 Å². The maximum atomic E-state index is 3.68. The molecule has 14 rings (SSSR count). The summed E-state index contributed by atoms with van der Waals surface area (Å²) in [4.78, 5) is 3.61. The van der Waals surface area contributed by atoms with Crippen molar-refractivity contribution in [1.29, 1.82) is 0 Å². The number of nitrogens with zero attached hydrogens (tertiary/aromatic N) is 3. The molecule has 0 aliphatic rings. The lowest BCUT2D eigenvalue weighted by Gasteiger charge is -2.10. The van der Waals surface area contributed by atoms with Crippen molar-refractivity contribution in [2.75, 3.05) is 0 Å². The first-order valence-electron chi connectivity index (χ1n) is 23.5. The second-order valence-corrected chi connectivity index (χ2v) is 20.5. The van der Waals surface area contributed by atoms with Gasteiger partial charge in [0.05, 0.1) is 27.6 Å². The van der Waals surface area contributed by atoms with Gasteiger partial charge in [0.15, 0.2) is 0 Å². The Labute approximate surface area is 441 Å². The zero-order valence-corrected chi connectivity index (χ0v) is 43.6. The van der Waals surface area contributed by atoms with Gasteiger partial charge in [-0.3, -0.25) is 0 Å². The van der Waals surface area contributed by atoms with Crippen LogP contribution in [0.3, 0.4) is 0 Å². The summed E-state index contributed by atoms with van der Waals surface area (Å²) < 4.78 is 10.4. The summed E-state index contributed by atoms with van der Waals surface area (Å²) in [7, 11) is 0. The lowest BCUT2D eigenvalue weighted by molar-refractivity contribution is 1.13. The molecule has 14 aromatic rings. The number of rotatable bonds is 5. The third kappa shape index (κ3) is 8.69. The monoisotopic (exact) mass is 1150 g/mol. The minimum atomic E-state index is 1.09. The molecule has 10 aromatic carbocycles. The normalized spacial score (nSPS) is 11.3. The van der Waals surface area contributed by atoms with Gasteiger partial charge < -0.3 is 18.7 Å². The van der Waals surface area contributed by atoms with E-state index in [0.29, 0.717) is 0 Å². The molecule has 0 spiro atoms. The third-order valence-corrected chi connectivity index (χ3v) is 14.9. The molecule has 7 heteroatoms. The predicted octanol–water partition coefficient (Wildman–Crippen LogP) is 19.1. The van der Waals surface area contributed by atoms with Crippen LogP contribution in [-0.2, 0) is 0 Å². The highest BCUT2D eigenvalue weighted by Gasteiger charge is 2.18. The van der Waals surface area contributed by atoms with Crippen LogP contribution in [-0.4, -0.2) is 18.7 Å². The number of halogens is 3.